The van der Waals surface area contributed by atoms with Gasteiger partial charge in [0.25, 0.3) is 0 Å². The number of fused-ring (bicyclic) bond motifs is 1. The van der Waals surface area contributed by atoms with Crippen LogP contribution in [-0.2, 0) is 0 Å². The van der Waals surface area contributed by atoms with E-state index in [2.05, 4.69) is 6.58 Å². The molecule has 0 amide bonds. The molecule has 0 aliphatic carbocycles. The number of hydrogen-bond acceptors (Lipinski definition) is 2. The first-order valence-electron chi connectivity index (χ1n) is 8.10. The van der Waals surface area contributed by atoms with Gasteiger partial charge in [-0.25, -0.2) is 8.78 Å². The van der Waals surface area contributed by atoms with Crippen LogP contribution in [0.2, 0.25) is 0 Å². The number of halogens is 2. The van der Waals surface area contributed by atoms with E-state index in [-0.39, 0.29) is 11.1 Å². The summed E-state index contributed by atoms with van der Waals surface area (Å²) in [6.45, 7) is 3.92. The molecule has 0 fully saturated rings. The fraction of sp³-hybridized carbons (Fsp3) is 0.0909. The lowest BCUT2D eigenvalue weighted by Gasteiger charge is -2.07. The summed E-state index contributed by atoms with van der Waals surface area (Å²) >= 11 is 0. The van der Waals surface area contributed by atoms with Crippen LogP contribution in [0.15, 0.2) is 73.3 Å². The minimum Gasteiger partial charge on any atom is -0.497 e. The zero-order valence-electron chi connectivity index (χ0n) is 14.3. The van der Waals surface area contributed by atoms with Crippen LogP contribution in [0.1, 0.15) is 11.1 Å². The van der Waals surface area contributed by atoms with Crippen LogP contribution < -0.4 is 9.47 Å². The fourth-order valence-electron chi connectivity index (χ4n) is 2.59. The van der Waals surface area contributed by atoms with Crippen molar-refractivity contribution in [2.45, 2.75) is 0 Å². The predicted molar refractivity (Wildman–Crippen MR) is 102 cm³/mol. The molecule has 0 spiro atoms. The van der Waals surface area contributed by atoms with E-state index in [4.69, 9.17) is 9.47 Å². The average molecular weight is 352 g/mol. The molecule has 4 heteroatoms. The van der Waals surface area contributed by atoms with E-state index in [0.717, 1.165) is 10.8 Å². The van der Waals surface area contributed by atoms with Crippen molar-refractivity contribution in [3.8, 4) is 11.5 Å². The molecule has 0 aromatic heterocycles. The predicted octanol–water partition coefficient (Wildman–Crippen LogP) is 6.18. The highest BCUT2D eigenvalue weighted by atomic mass is 19.2. The van der Waals surface area contributed by atoms with Gasteiger partial charge in [-0.3, -0.25) is 0 Å². The molecule has 0 saturated heterocycles. The molecule has 0 N–H and O–H groups in total. The van der Waals surface area contributed by atoms with Crippen molar-refractivity contribution in [2.75, 3.05) is 13.7 Å². The van der Waals surface area contributed by atoms with Gasteiger partial charge in [0, 0.05) is 11.1 Å². The summed E-state index contributed by atoms with van der Waals surface area (Å²) in [5, 5.41) is 1.70. The van der Waals surface area contributed by atoms with Gasteiger partial charge in [-0.15, -0.1) is 0 Å². The van der Waals surface area contributed by atoms with Gasteiger partial charge in [-0.05, 0) is 53.2 Å². The summed E-state index contributed by atoms with van der Waals surface area (Å²) in [7, 11) is 1.58. The number of methoxy groups -OCH3 is 1. The fourth-order valence-corrected chi connectivity index (χ4v) is 2.59. The van der Waals surface area contributed by atoms with Crippen LogP contribution in [0.3, 0.4) is 0 Å². The molecule has 132 valence electrons. The Morgan fingerprint density at radius 2 is 1.42 bits per heavy atom. The smallest absolute Gasteiger partial charge is 0.166 e. The zero-order valence-corrected chi connectivity index (χ0v) is 14.3. The maximum Gasteiger partial charge on any atom is 0.166 e. The monoisotopic (exact) mass is 352 g/mol. The van der Waals surface area contributed by atoms with Crippen molar-refractivity contribution in [1.29, 1.82) is 0 Å². The first-order valence-corrected chi connectivity index (χ1v) is 8.10. The third-order valence-corrected chi connectivity index (χ3v) is 3.97. The molecular weight excluding hydrogens is 334 g/mol. The Labute approximate surface area is 151 Å². The Morgan fingerprint density at radius 3 is 2.12 bits per heavy atom. The SMILES string of the molecule is C=CCOc1ccc(C(F)=C(F)c2ccc3cc(OC)ccc3c2)cc1. The summed E-state index contributed by atoms with van der Waals surface area (Å²) < 4.78 is 39.7. The summed E-state index contributed by atoms with van der Waals surface area (Å²) in [5.74, 6) is -0.525. The molecule has 0 saturated carbocycles. The highest BCUT2D eigenvalue weighted by molar-refractivity contribution is 5.90. The van der Waals surface area contributed by atoms with Gasteiger partial charge in [0.15, 0.2) is 11.7 Å². The number of hydrogen-bond donors (Lipinski definition) is 0. The summed E-state index contributed by atoms with van der Waals surface area (Å²) in [5.41, 5.74) is 0.343. The minimum absolute atomic E-state index is 0.156. The van der Waals surface area contributed by atoms with Crippen molar-refractivity contribution in [3.63, 3.8) is 0 Å². The molecule has 3 rings (SSSR count). The molecule has 3 aromatic rings. The first-order chi connectivity index (χ1) is 12.6. The molecule has 0 aliphatic rings. The largest absolute Gasteiger partial charge is 0.497 e. The number of ether oxygens (including phenoxy) is 2. The minimum atomic E-state index is -0.909. The van der Waals surface area contributed by atoms with E-state index in [1.165, 1.54) is 12.1 Å². The Hall–Kier alpha value is -3.14. The van der Waals surface area contributed by atoms with Gasteiger partial charge >= 0.3 is 0 Å². The Kier molecular flexibility index (Phi) is 5.32. The molecule has 0 unspecified atom stereocenters. The Balaban J connectivity index is 1.91. The molecule has 0 bridgehead atoms. The highest BCUT2D eigenvalue weighted by Gasteiger charge is 2.12. The van der Waals surface area contributed by atoms with Gasteiger partial charge in [-0.2, -0.15) is 0 Å². The van der Waals surface area contributed by atoms with Crippen molar-refractivity contribution in [1.82, 2.24) is 0 Å². The van der Waals surface area contributed by atoms with E-state index in [1.54, 1.807) is 49.6 Å². The van der Waals surface area contributed by atoms with Crippen LogP contribution >= 0.6 is 0 Å². The van der Waals surface area contributed by atoms with Crippen LogP contribution in [0.4, 0.5) is 8.78 Å². The Bertz CT molecular complexity index is 960. The molecule has 3 aromatic carbocycles. The lowest BCUT2D eigenvalue weighted by molar-refractivity contribution is 0.363. The zero-order chi connectivity index (χ0) is 18.5. The van der Waals surface area contributed by atoms with Crippen LogP contribution in [0.5, 0.6) is 11.5 Å². The molecule has 0 heterocycles. The van der Waals surface area contributed by atoms with E-state index in [0.29, 0.717) is 18.1 Å². The van der Waals surface area contributed by atoms with Crippen molar-refractivity contribution < 1.29 is 18.3 Å². The highest BCUT2D eigenvalue weighted by Crippen LogP contribution is 2.32. The van der Waals surface area contributed by atoms with Crippen molar-refractivity contribution in [2.24, 2.45) is 0 Å². The van der Waals surface area contributed by atoms with Crippen LogP contribution in [-0.4, -0.2) is 13.7 Å². The van der Waals surface area contributed by atoms with E-state index in [1.807, 2.05) is 12.1 Å². The van der Waals surface area contributed by atoms with Crippen molar-refractivity contribution >= 4 is 22.4 Å². The van der Waals surface area contributed by atoms with E-state index >= 15 is 0 Å². The molecule has 2 nitrogen and oxygen atoms in total. The topological polar surface area (TPSA) is 18.5 Å². The van der Waals surface area contributed by atoms with Crippen LogP contribution in [0.25, 0.3) is 22.4 Å². The number of benzene rings is 3. The van der Waals surface area contributed by atoms with E-state index < -0.39 is 11.7 Å². The first kappa shape index (κ1) is 17.7. The Morgan fingerprint density at radius 1 is 0.846 bits per heavy atom. The van der Waals surface area contributed by atoms with E-state index in [9.17, 15) is 8.78 Å². The molecule has 0 radical (unpaired) electrons. The normalized spacial score (nSPS) is 11.8. The average Bonchev–Trinajstić information content (AvgIpc) is 2.70. The van der Waals surface area contributed by atoms with Gasteiger partial charge < -0.3 is 9.47 Å². The quantitative estimate of drug-likeness (QED) is 0.390. The second-order valence-electron chi connectivity index (χ2n) is 5.68. The van der Waals surface area contributed by atoms with Crippen LogP contribution in [0, 0.1) is 0 Å². The summed E-state index contributed by atoms with van der Waals surface area (Å²) in [4.78, 5) is 0. The summed E-state index contributed by atoms with van der Waals surface area (Å²) in [6, 6.07) is 16.5. The molecular formula is C22H18F2O2. The standard InChI is InChI=1S/C22H18F2O2/c1-3-12-26-19-9-6-15(7-10-19)21(23)22(24)18-5-4-17-14-20(25-2)11-8-16(17)13-18/h3-11,13-14H,1,12H2,2H3. The number of rotatable bonds is 6. The van der Waals surface area contributed by atoms with Gasteiger partial charge in [0.2, 0.25) is 0 Å². The second-order valence-corrected chi connectivity index (χ2v) is 5.68. The second kappa shape index (κ2) is 7.83. The summed E-state index contributed by atoms with van der Waals surface area (Å²) in [6.07, 6.45) is 1.61. The molecule has 26 heavy (non-hydrogen) atoms. The third kappa shape index (κ3) is 3.75. The lowest BCUT2D eigenvalue weighted by Crippen LogP contribution is -1.92. The lowest BCUT2D eigenvalue weighted by atomic mass is 10.0. The molecule has 0 aliphatic heterocycles. The van der Waals surface area contributed by atoms with Gasteiger partial charge in [0.05, 0.1) is 7.11 Å². The third-order valence-electron chi connectivity index (χ3n) is 3.97. The maximum atomic E-state index is 14.6. The van der Waals surface area contributed by atoms with Gasteiger partial charge in [0.1, 0.15) is 18.1 Å². The van der Waals surface area contributed by atoms with Gasteiger partial charge in [-0.1, -0.05) is 30.9 Å². The van der Waals surface area contributed by atoms with Crippen molar-refractivity contribution in [3.05, 3.63) is 84.4 Å². The maximum absolute atomic E-state index is 14.6. The molecule has 0 atom stereocenters.